The van der Waals surface area contributed by atoms with Crippen molar-refractivity contribution in [1.29, 1.82) is 0 Å². The quantitative estimate of drug-likeness (QED) is 0.247. The zero-order valence-corrected chi connectivity index (χ0v) is 16.4. The maximum absolute atomic E-state index is 15.5. The first-order valence-electron chi connectivity index (χ1n) is 9.38. The van der Waals surface area contributed by atoms with Crippen LogP contribution in [0.4, 0.5) is 13.2 Å². The first-order chi connectivity index (χ1) is 14.2. The molecule has 5 N–H and O–H groups in total. The molecule has 1 fully saturated rings. The number of aromatic nitrogens is 1. The zero-order valence-electron chi connectivity index (χ0n) is 16.4. The molecule has 0 spiro atoms. The number of aryl methyl sites for hydroxylation is 1. The minimum atomic E-state index is -4.02. The molecule has 1 aliphatic rings. The first kappa shape index (κ1) is 21.8. The molecule has 1 aliphatic carbocycles. The van der Waals surface area contributed by atoms with E-state index in [4.69, 9.17) is 16.4 Å². The molecule has 3 rings (SSSR count). The molecule has 10 heteroatoms. The SMILES string of the molecule is Cc1ccc(C(O)(CN(N)/C=N\N)C(F)(F)c2ccc(OCC3CC3)cn2)c(F)c1. The molecule has 0 aliphatic heterocycles. The molecule has 2 aromatic rings. The van der Waals surface area contributed by atoms with Crippen LogP contribution in [0, 0.1) is 18.7 Å². The second-order valence-corrected chi connectivity index (χ2v) is 7.49. The van der Waals surface area contributed by atoms with Gasteiger partial charge in [-0.25, -0.2) is 10.2 Å². The van der Waals surface area contributed by atoms with Gasteiger partial charge in [-0.2, -0.15) is 13.9 Å². The van der Waals surface area contributed by atoms with Gasteiger partial charge in [0, 0.05) is 5.56 Å². The van der Waals surface area contributed by atoms with E-state index in [1.807, 2.05) is 0 Å². The van der Waals surface area contributed by atoms with Crippen LogP contribution in [0.1, 0.15) is 29.7 Å². The van der Waals surface area contributed by atoms with Crippen LogP contribution in [0.25, 0.3) is 0 Å². The number of hydrogen-bond acceptors (Lipinski definition) is 6. The lowest BCUT2D eigenvalue weighted by Gasteiger charge is -2.38. The van der Waals surface area contributed by atoms with E-state index in [0.717, 1.165) is 43.6 Å². The summed E-state index contributed by atoms with van der Waals surface area (Å²) in [6.45, 7) is 1.20. The minimum absolute atomic E-state index is 0.335. The van der Waals surface area contributed by atoms with Gasteiger partial charge < -0.3 is 15.7 Å². The van der Waals surface area contributed by atoms with Crippen LogP contribution in [0.3, 0.4) is 0 Å². The van der Waals surface area contributed by atoms with Gasteiger partial charge >= 0.3 is 5.92 Å². The van der Waals surface area contributed by atoms with Crippen LogP contribution in [0.15, 0.2) is 41.6 Å². The lowest BCUT2D eigenvalue weighted by molar-refractivity contribution is -0.203. The maximum Gasteiger partial charge on any atom is 0.323 e. The number of rotatable bonds is 9. The molecule has 1 atom stereocenters. The van der Waals surface area contributed by atoms with Gasteiger partial charge in [-0.05, 0) is 49.4 Å². The predicted molar refractivity (Wildman–Crippen MR) is 105 cm³/mol. The Morgan fingerprint density at radius 1 is 1.33 bits per heavy atom. The third kappa shape index (κ3) is 4.49. The number of hydrogen-bond donors (Lipinski definition) is 3. The van der Waals surface area contributed by atoms with Crippen molar-refractivity contribution >= 4 is 6.34 Å². The Morgan fingerprint density at radius 2 is 2.07 bits per heavy atom. The van der Waals surface area contributed by atoms with Gasteiger partial charge in [0.15, 0.2) is 5.60 Å². The normalized spacial score (nSPS) is 16.5. The number of hydrazine groups is 1. The number of hydrazone groups is 1. The van der Waals surface area contributed by atoms with Crippen LogP contribution >= 0.6 is 0 Å². The maximum atomic E-state index is 15.5. The number of halogens is 3. The van der Waals surface area contributed by atoms with Crippen molar-refractivity contribution in [3.8, 4) is 5.75 Å². The second-order valence-electron chi connectivity index (χ2n) is 7.49. The van der Waals surface area contributed by atoms with Crippen molar-refractivity contribution < 1.29 is 23.0 Å². The Bertz CT molecular complexity index is 906. The first-order valence-corrected chi connectivity index (χ1v) is 9.38. The van der Waals surface area contributed by atoms with E-state index in [-0.39, 0.29) is 0 Å². The third-order valence-electron chi connectivity index (χ3n) is 4.96. The molecule has 1 unspecified atom stereocenters. The molecule has 1 heterocycles. The summed E-state index contributed by atoms with van der Waals surface area (Å²) < 4.78 is 51.2. The van der Waals surface area contributed by atoms with E-state index in [0.29, 0.717) is 28.8 Å². The Kier molecular flexibility index (Phi) is 6.18. The molecular weight excluding hydrogens is 399 g/mol. The Hall–Kier alpha value is -2.85. The number of pyridine rings is 1. The largest absolute Gasteiger partial charge is 0.492 e. The zero-order chi connectivity index (χ0) is 21.9. The average Bonchev–Trinajstić information content (AvgIpc) is 3.51. The number of ether oxygens (including phenoxy) is 1. The summed E-state index contributed by atoms with van der Waals surface area (Å²) in [4.78, 5) is 3.77. The Morgan fingerprint density at radius 3 is 2.63 bits per heavy atom. The third-order valence-corrected chi connectivity index (χ3v) is 4.96. The lowest BCUT2D eigenvalue weighted by atomic mass is 9.84. The smallest absolute Gasteiger partial charge is 0.323 e. The molecule has 1 saturated carbocycles. The van der Waals surface area contributed by atoms with Crippen LogP contribution in [0.5, 0.6) is 5.75 Å². The molecule has 0 bridgehead atoms. The van der Waals surface area contributed by atoms with E-state index in [1.54, 1.807) is 6.92 Å². The van der Waals surface area contributed by atoms with Crippen LogP contribution < -0.4 is 16.4 Å². The van der Waals surface area contributed by atoms with E-state index >= 15 is 8.78 Å². The summed E-state index contributed by atoms with van der Waals surface area (Å²) in [6, 6.07) is 5.94. The van der Waals surface area contributed by atoms with E-state index in [9.17, 15) is 9.50 Å². The Labute approximate surface area is 172 Å². The van der Waals surface area contributed by atoms with Gasteiger partial charge in [0.2, 0.25) is 0 Å². The summed E-state index contributed by atoms with van der Waals surface area (Å²) in [6.07, 6.45) is 4.16. The van der Waals surface area contributed by atoms with Crippen LogP contribution in [0.2, 0.25) is 0 Å². The van der Waals surface area contributed by atoms with E-state index < -0.39 is 35.1 Å². The molecule has 0 amide bonds. The van der Waals surface area contributed by atoms with Crippen molar-refractivity contribution in [2.24, 2.45) is 22.7 Å². The van der Waals surface area contributed by atoms with Crippen molar-refractivity contribution in [3.63, 3.8) is 0 Å². The number of nitrogens with zero attached hydrogens (tertiary/aromatic N) is 3. The van der Waals surface area contributed by atoms with Crippen molar-refractivity contribution in [3.05, 3.63) is 59.2 Å². The average molecular weight is 423 g/mol. The minimum Gasteiger partial charge on any atom is -0.492 e. The highest BCUT2D eigenvalue weighted by atomic mass is 19.3. The van der Waals surface area contributed by atoms with Crippen LogP contribution in [-0.2, 0) is 11.5 Å². The fraction of sp³-hybridized carbons (Fsp3) is 0.400. The van der Waals surface area contributed by atoms with Crippen LogP contribution in [-0.4, -0.2) is 34.6 Å². The van der Waals surface area contributed by atoms with Crippen molar-refractivity contribution in [2.45, 2.75) is 31.3 Å². The van der Waals surface area contributed by atoms with Crippen molar-refractivity contribution in [2.75, 3.05) is 13.2 Å². The summed E-state index contributed by atoms with van der Waals surface area (Å²) in [5.41, 5.74) is -3.95. The highest BCUT2D eigenvalue weighted by molar-refractivity contribution is 5.53. The molecule has 1 aromatic heterocycles. The van der Waals surface area contributed by atoms with Gasteiger partial charge in [-0.1, -0.05) is 12.1 Å². The summed E-state index contributed by atoms with van der Waals surface area (Å²) >= 11 is 0. The van der Waals surface area contributed by atoms with Gasteiger partial charge in [-0.15, -0.1) is 0 Å². The number of benzene rings is 1. The summed E-state index contributed by atoms with van der Waals surface area (Å²) in [5, 5.41) is 14.9. The molecule has 0 saturated heterocycles. The van der Waals surface area contributed by atoms with E-state index in [1.165, 1.54) is 12.1 Å². The molecule has 30 heavy (non-hydrogen) atoms. The van der Waals surface area contributed by atoms with E-state index in [2.05, 4.69) is 10.1 Å². The molecule has 162 valence electrons. The highest BCUT2D eigenvalue weighted by Gasteiger charge is 2.58. The summed E-state index contributed by atoms with van der Waals surface area (Å²) in [5.74, 6) is 6.42. The fourth-order valence-corrected chi connectivity index (χ4v) is 3.06. The molecule has 1 aromatic carbocycles. The van der Waals surface area contributed by atoms with Crippen molar-refractivity contribution in [1.82, 2.24) is 9.99 Å². The molecule has 7 nitrogen and oxygen atoms in total. The van der Waals surface area contributed by atoms with Gasteiger partial charge in [0.1, 0.15) is 23.6 Å². The number of alkyl halides is 2. The molecular formula is C20H24F3N5O2. The molecule has 0 radical (unpaired) electrons. The van der Waals surface area contributed by atoms with Gasteiger partial charge in [-0.3, -0.25) is 9.99 Å². The Balaban J connectivity index is 1.97. The lowest BCUT2D eigenvalue weighted by Crippen LogP contribution is -2.53. The summed E-state index contributed by atoms with van der Waals surface area (Å²) in [7, 11) is 0. The number of aliphatic hydroxyl groups is 1. The highest BCUT2D eigenvalue weighted by Crippen LogP contribution is 2.46. The second kappa shape index (κ2) is 8.49. The monoisotopic (exact) mass is 423 g/mol. The van der Waals surface area contributed by atoms with Gasteiger partial charge in [0.05, 0.1) is 19.3 Å². The fourth-order valence-electron chi connectivity index (χ4n) is 3.06. The topological polar surface area (TPSA) is 110 Å². The van der Waals surface area contributed by atoms with Gasteiger partial charge in [0.25, 0.3) is 0 Å². The standard InChI is InChI=1S/C20H24F3N5O2/c1-13-2-6-16(17(21)8-13)19(29,11-28(25)12-27-24)20(22,23)18-7-5-15(9-26-18)30-10-14-3-4-14/h2,5-9,12,14,29H,3-4,10-11,24-25H2,1H3/b27-12-. The predicted octanol–water partition coefficient (Wildman–Crippen LogP) is 2.38. The number of nitrogens with two attached hydrogens (primary N) is 2.